The second-order valence-electron chi connectivity index (χ2n) is 6.27. The van der Waals surface area contributed by atoms with Crippen molar-refractivity contribution in [1.82, 2.24) is 9.97 Å². The molecule has 0 fully saturated rings. The summed E-state index contributed by atoms with van der Waals surface area (Å²) in [5.41, 5.74) is 1.58. The Morgan fingerprint density at radius 1 is 1.03 bits per heavy atom. The van der Waals surface area contributed by atoms with Crippen LogP contribution in [0.25, 0.3) is 10.3 Å². The molecule has 0 saturated carbocycles. The Balaban J connectivity index is 1.81. The maximum absolute atomic E-state index is 13.2. The highest BCUT2D eigenvalue weighted by atomic mass is 32.1. The monoisotopic (exact) mass is 410 g/mol. The van der Waals surface area contributed by atoms with Crippen LogP contribution in [0.2, 0.25) is 0 Å². The van der Waals surface area contributed by atoms with Gasteiger partial charge in [-0.25, -0.2) is 9.97 Å². The summed E-state index contributed by atoms with van der Waals surface area (Å²) in [5, 5.41) is 9.67. The summed E-state index contributed by atoms with van der Waals surface area (Å²) in [6, 6.07) is 17.8. The number of nitrogens with zero attached hydrogens (tertiary/aromatic N) is 4. The number of anilines is 2. The number of thiazole rings is 1. The summed E-state index contributed by atoms with van der Waals surface area (Å²) in [4.78, 5) is 11.2. The smallest absolute Gasteiger partial charge is 0.313 e. The van der Waals surface area contributed by atoms with Crippen LogP contribution in [0.5, 0.6) is 0 Å². The fraction of sp³-hybridized carbons (Fsp3) is 0.0952. The minimum Gasteiger partial charge on any atom is -0.313 e. The van der Waals surface area contributed by atoms with Gasteiger partial charge in [-0.2, -0.15) is 18.4 Å². The van der Waals surface area contributed by atoms with Gasteiger partial charge in [0.2, 0.25) is 0 Å². The Hall–Kier alpha value is -3.44. The van der Waals surface area contributed by atoms with E-state index in [1.54, 1.807) is 41.4 Å². The maximum atomic E-state index is 13.2. The number of hydrogen-bond donors (Lipinski definition) is 0. The van der Waals surface area contributed by atoms with Crippen molar-refractivity contribution < 1.29 is 13.2 Å². The van der Waals surface area contributed by atoms with Crippen LogP contribution in [0.3, 0.4) is 0 Å². The van der Waals surface area contributed by atoms with Gasteiger partial charge >= 0.3 is 6.18 Å². The molecule has 0 atom stereocenters. The van der Waals surface area contributed by atoms with Gasteiger partial charge < -0.3 is 4.90 Å². The van der Waals surface area contributed by atoms with E-state index in [1.165, 1.54) is 17.4 Å². The molecule has 4 nitrogen and oxygen atoms in total. The average Bonchev–Trinajstić information content (AvgIpc) is 3.15. The number of benzene rings is 2. The van der Waals surface area contributed by atoms with E-state index in [9.17, 15) is 13.2 Å². The highest BCUT2D eigenvalue weighted by molar-refractivity contribution is 7.21. The molecular formula is C21H13F3N4S. The lowest BCUT2D eigenvalue weighted by molar-refractivity contribution is -0.137. The number of nitriles is 1. The van der Waals surface area contributed by atoms with Crippen molar-refractivity contribution in [1.29, 1.82) is 5.26 Å². The second-order valence-corrected chi connectivity index (χ2v) is 7.23. The first kappa shape index (κ1) is 18.9. The minimum atomic E-state index is -4.45. The molecule has 144 valence electrons. The summed E-state index contributed by atoms with van der Waals surface area (Å²) in [7, 11) is 0. The topological polar surface area (TPSA) is 52.8 Å². The molecule has 0 aliphatic carbocycles. The van der Waals surface area contributed by atoms with Crippen molar-refractivity contribution in [2.45, 2.75) is 12.7 Å². The molecule has 0 saturated heterocycles. The lowest BCUT2D eigenvalue weighted by atomic mass is 10.1. The van der Waals surface area contributed by atoms with E-state index in [-0.39, 0.29) is 6.54 Å². The van der Waals surface area contributed by atoms with E-state index in [0.717, 1.165) is 17.7 Å². The molecule has 0 spiro atoms. The van der Waals surface area contributed by atoms with Gasteiger partial charge in [0.25, 0.3) is 0 Å². The van der Waals surface area contributed by atoms with Crippen LogP contribution in [0, 0.1) is 11.3 Å². The molecule has 8 heteroatoms. The first-order valence-corrected chi connectivity index (χ1v) is 9.41. The van der Waals surface area contributed by atoms with Crippen molar-refractivity contribution in [3.05, 3.63) is 83.6 Å². The highest BCUT2D eigenvalue weighted by Crippen LogP contribution is 2.37. The van der Waals surface area contributed by atoms with Crippen molar-refractivity contribution in [3.63, 3.8) is 0 Å². The van der Waals surface area contributed by atoms with Crippen LogP contribution in [0.1, 0.15) is 16.7 Å². The third-order valence-electron chi connectivity index (χ3n) is 4.27. The van der Waals surface area contributed by atoms with E-state index in [4.69, 9.17) is 5.26 Å². The number of fused-ring (bicyclic) bond motifs is 1. The normalized spacial score (nSPS) is 11.4. The summed E-state index contributed by atoms with van der Waals surface area (Å²) in [6.07, 6.45) is -2.80. The summed E-state index contributed by atoms with van der Waals surface area (Å²) in [6.45, 7) is 0.261. The molecular weight excluding hydrogens is 397 g/mol. The number of hydrogen-bond acceptors (Lipinski definition) is 5. The molecule has 4 aromatic rings. The zero-order chi connectivity index (χ0) is 20.4. The zero-order valence-electron chi connectivity index (χ0n) is 14.9. The van der Waals surface area contributed by atoms with Crippen molar-refractivity contribution >= 4 is 32.5 Å². The van der Waals surface area contributed by atoms with Gasteiger partial charge in [-0.15, -0.1) is 0 Å². The first-order chi connectivity index (χ1) is 13.9. The largest absolute Gasteiger partial charge is 0.416 e. The van der Waals surface area contributed by atoms with Crippen LogP contribution in [-0.2, 0) is 12.7 Å². The van der Waals surface area contributed by atoms with E-state index >= 15 is 0 Å². The van der Waals surface area contributed by atoms with E-state index in [2.05, 4.69) is 16.0 Å². The Morgan fingerprint density at radius 3 is 2.62 bits per heavy atom. The maximum Gasteiger partial charge on any atom is 0.416 e. The number of aromatic nitrogens is 2. The predicted molar refractivity (Wildman–Crippen MR) is 106 cm³/mol. The fourth-order valence-electron chi connectivity index (χ4n) is 2.92. The third kappa shape index (κ3) is 4.05. The first-order valence-electron chi connectivity index (χ1n) is 8.59. The predicted octanol–water partition coefficient (Wildman–Crippen LogP) is 5.92. The average molecular weight is 410 g/mol. The quantitative estimate of drug-likeness (QED) is 0.419. The minimum absolute atomic E-state index is 0.261. The summed E-state index contributed by atoms with van der Waals surface area (Å²) < 4.78 is 39.7. The van der Waals surface area contributed by atoms with Crippen LogP contribution in [0.15, 0.2) is 66.9 Å². The van der Waals surface area contributed by atoms with E-state index < -0.39 is 11.7 Å². The van der Waals surface area contributed by atoms with Crippen LogP contribution in [0.4, 0.5) is 24.0 Å². The van der Waals surface area contributed by atoms with Gasteiger partial charge in [0.05, 0.1) is 23.7 Å². The fourth-order valence-corrected chi connectivity index (χ4v) is 3.84. The SMILES string of the molecule is N#Cc1cccc(CN(c2cccc(C(F)(F)F)c2)c2nc3cccnc3s2)c1. The van der Waals surface area contributed by atoms with E-state index in [1.807, 2.05) is 12.1 Å². The molecule has 0 amide bonds. The number of halogens is 3. The third-order valence-corrected chi connectivity index (χ3v) is 5.27. The second kappa shape index (κ2) is 7.53. The number of pyridine rings is 1. The van der Waals surface area contributed by atoms with Gasteiger partial charge in [0, 0.05) is 11.9 Å². The molecule has 29 heavy (non-hydrogen) atoms. The standard InChI is InChI=1S/C21H13F3N4S/c22-21(23,24)16-6-2-7-17(11-16)28(13-15-5-1-4-14(10-15)12-25)20-27-18-8-3-9-26-19(18)29-20/h1-11H,13H2. The summed E-state index contributed by atoms with van der Waals surface area (Å²) >= 11 is 1.30. The number of rotatable bonds is 4. The van der Waals surface area contributed by atoms with Gasteiger partial charge in [-0.3, -0.25) is 0 Å². The lowest BCUT2D eigenvalue weighted by Gasteiger charge is -2.23. The Morgan fingerprint density at radius 2 is 1.86 bits per heavy atom. The van der Waals surface area contributed by atoms with Crippen LogP contribution >= 0.6 is 11.3 Å². The Bertz CT molecular complexity index is 1180. The zero-order valence-corrected chi connectivity index (χ0v) is 15.7. The van der Waals surface area contributed by atoms with Crippen LogP contribution < -0.4 is 4.90 Å². The molecule has 0 aliphatic rings. The molecule has 0 radical (unpaired) electrons. The highest BCUT2D eigenvalue weighted by Gasteiger charge is 2.31. The number of alkyl halides is 3. The van der Waals surface area contributed by atoms with Crippen molar-refractivity contribution in [3.8, 4) is 6.07 Å². The molecule has 0 N–H and O–H groups in total. The lowest BCUT2D eigenvalue weighted by Crippen LogP contribution is -2.17. The molecule has 0 bridgehead atoms. The van der Waals surface area contributed by atoms with Gasteiger partial charge in [-0.1, -0.05) is 29.5 Å². The Labute approximate surface area is 168 Å². The molecule has 2 heterocycles. The van der Waals surface area contributed by atoms with Gasteiger partial charge in [0.15, 0.2) is 5.13 Å². The molecule has 0 aliphatic heterocycles. The molecule has 4 rings (SSSR count). The van der Waals surface area contributed by atoms with Gasteiger partial charge in [0.1, 0.15) is 10.3 Å². The Kier molecular flexibility index (Phi) is 4.91. The van der Waals surface area contributed by atoms with Crippen LogP contribution in [-0.4, -0.2) is 9.97 Å². The van der Waals surface area contributed by atoms with Gasteiger partial charge in [-0.05, 0) is 48.0 Å². The molecule has 2 aromatic carbocycles. The summed E-state index contributed by atoms with van der Waals surface area (Å²) in [5.74, 6) is 0. The van der Waals surface area contributed by atoms with Crippen molar-refractivity contribution in [2.75, 3.05) is 4.90 Å². The van der Waals surface area contributed by atoms with Crippen molar-refractivity contribution in [2.24, 2.45) is 0 Å². The molecule has 0 unspecified atom stereocenters. The van der Waals surface area contributed by atoms with E-state index in [0.29, 0.717) is 26.7 Å². The molecule has 2 aromatic heterocycles.